The molecule has 0 bridgehead atoms. The summed E-state index contributed by atoms with van der Waals surface area (Å²) in [7, 11) is 4.36. The van der Waals surface area contributed by atoms with Crippen molar-refractivity contribution in [1.29, 1.82) is 0 Å². The third-order valence-electron chi connectivity index (χ3n) is 4.85. The van der Waals surface area contributed by atoms with Crippen LogP contribution in [0.1, 0.15) is 22.3 Å². The number of carbonyl (C=O) groups excluding carboxylic acids is 1. The van der Waals surface area contributed by atoms with Crippen molar-refractivity contribution in [2.24, 2.45) is 14.1 Å². The van der Waals surface area contributed by atoms with E-state index in [2.05, 4.69) is 15.8 Å². The van der Waals surface area contributed by atoms with Crippen LogP contribution in [0.3, 0.4) is 0 Å². The Balaban J connectivity index is 1.46. The van der Waals surface area contributed by atoms with Gasteiger partial charge in [-0.25, -0.2) is 9.78 Å². The average molecular weight is 430 g/mol. The van der Waals surface area contributed by atoms with E-state index < -0.39 is 11.2 Å². The van der Waals surface area contributed by atoms with Crippen LogP contribution in [0.25, 0.3) is 11.2 Å². The van der Waals surface area contributed by atoms with Gasteiger partial charge in [-0.05, 0) is 18.4 Å². The third-order valence-corrected chi connectivity index (χ3v) is 6.53. The molecule has 1 amide bonds. The van der Waals surface area contributed by atoms with Gasteiger partial charge in [0.1, 0.15) is 4.99 Å². The minimum atomic E-state index is -0.411. The van der Waals surface area contributed by atoms with Gasteiger partial charge in [0.05, 0.1) is 5.56 Å². The van der Waals surface area contributed by atoms with Crippen LogP contribution in [0.15, 0.2) is 39.0 Å². The van der Waals surface area contributed by atoms with E-state index in [9.17, 15) is 14.4 Å². The number of aromatic amines is 1. The maximum Gasteiger partial charge on any atom is 0.332 e. The summed E-state index contributed by atoms with van der Waals surface area (Å²) in [5.74, 6) is 4.58. The molecule has 1 N–H and O–H groups in total. The van der Waals surface area contributed by atoms with Crippen LogP contribution in [0.4, 0.5) is 0 Å². The number of carbonyl (C=O) groups is 1. The van der Waals surface area contributed by atoms with Crippen molar-refractivity contribution in [1.82, 2.24) is 24.0 Å². The zero-order valence-corrected chi connectivity index (χ0v) is 17.6. The number of aromatic nitrogens is 4. The van der Waals surface area contributed by atoms with Gasteiger partial charge in [0.25, 0.3) is 11.5 Å². The topological polar surface area (TPSA) is 93.0 Å². The maximum absolute atomic E-state index is 12.7. The van der Waals surface area contributed by atoms with Crippen molar-refractivity contribution in [3.8, 4) is 0 Å². The lowest BCUT2D eigenvalue weighted by Crippen LogP contribution is -2.36. The van der Waals surface area contributed by atoms with E-state index in [-0.39, 0.29) is 5.91 Å². The molecule has 10 heteroatoms. The Morgan fingerprint density at radius 2 is 1.83 bits per heavy atom. The number of nitrogens with one attached hydrogen (secondary N) is 1. The highest BCUT2D eigenvalue weighted by Gasteiger charge is 2.31. The number of H-pyrrole nitrogens is 1. The Kier molecular flexibility index (Phi) is 5.05. The molecule has 0 unspecified atom stereocenters. The van der Waals surface area contributed by atoms with Crippen molar-refractivity contribution in [2.45, 2.75) is 11.6 Å². The molecule has 1 aliphatic rings. The highest BCUT2D eigenvalue weighted by atomic mass is 32.2. The van der Waals surface area contributed by atoms with Gasteiger partial charge in [-0.15, -0.1) is 10.9 Å². The second-order valence-corrected chi connectivity index (χ2v) is 8.36. The lowest BCUT2D eigenvalue weighted by molar-refractivity contribution is 0.0862. The first-order valence-corrected chi connectivity index (χ1v) is 10.9. The summed E-state index contributed by atoms with van der Waals surface area (Å²) in [6.07, 6.45) is 0.739. The van der Waals surface area contributed by atoms with Crippen molar-refractivity contribution in [3.63, 3.8) is 0 Å². The zero-order valence-electron chi connectivity index (χ0n) is 16.0. The standard InChI is InChI=1S/C19H19N5O3S2/c1-22-14-13(16(26)23(2)19(22)27)20-18(21-14)29-10-6-9-24-15(25)11-7-4-5-8-12(11)17(24)28-3/h4-5,7-8H,3,6,9-10H2,1-2H3,(H,20,21). The van der Waals surface area contributed by atoms with Crippen molar-refractivity contribution < 1.29 is 4.79 Å². The van der Waals surface area contributed by atoms with Gasteiger partial charge < -0.3 is 4.98 Å². The Morgan fingerprint density at radius 3 is 2.55 bits per heavy atom. The maximum atomic E-state index is 12.7. The van der Waals surface area contributed by atoms with E-state index in [1.807, 2.05) is 24.3 Å². The molecule has 0 spiro atoms. The summed E-state index contributed by atoms with van der Waals surface area (Å²) < 4.78 is 2.41. The number of thioether (sulfide) groups is 1. The number of imidazole rings is 1. The largest absolute Gasteiger partial charge is 0.332 e. The normalized spacial score (nSPS) is 13.4. The second-order valence-electron chi connectivity index (χ2n) is 6.60. The lowest BCUT2D eigenvalue weighted by Gasteiger charge is -2.16. The van der Waals surface area contributed by atoms with Crippen molar-refractivity contribution in [2.75, 3.05) is 12.3 Å². The molecule has 0 aliphatic carbocycles. The molecular weight excluding hydrogens is 410 g/mol. The van der Waals surface area contributed by atoms with Gasteiger partial charge in [-0.1, -0.05) is 30.0 Å². The Labute approximate surface area is 173 Å². The smallest absolute Gasteiger partial charge is 0.327 e. The highest BCUT2D eigenvalue weighted by molar-refractivity contribution is 7.99. The molecule has 2 aromatic heterocycles. The average Bonchev–Trinajstić information content (AvgIpc) is 3.28. The first-order valence-electron chi connectivity index (χ1n) is 8.92. The monoisotopic (exact) mass is 429 g/mol. The summed E-state index contributed by atoms with van der Waals surface area (Å²) in [4.78, 5) is 46.9. The molecule has 0 saturated heterocycles. The number of aryl methyl sites for hydroxylation is 1. The summed E-state index contributed by atoms with van der Waals surface area (Å²) in [5.41, 5.74) is 1.49. The molecule has 0 saturated carbocycles. The molecule has 4 rings (SSSR count). The van der Waals surface area contributed by atoms with Gasteiger partial charge in [0, 0.05) is 32.0 Å². The van der Waals surface area contributed by atoms with Crippen LogP contribution in [-0.4, -0.2) is 53.1 Å². The summed E-state index contributed by atoms with van der Waals surface area (Å²) in [6.45, 7) is 0.568. The summed E-state index contributed by atoms with van der Waals surface area (Å²) in [6, 6.07) is 7.55. The predicted molar refractivity (Wildman–Crippen MR) is 118 cm³/mol. The molecule has 0 radical (unpaired) electrons. The number of hydrogen-bond acceptors (Lipinski definition) is 5. The predicted octanol–water partition coefficient (Wildman–Crippen LogP) is 1.24. The molecular formula is C19H19N5O3S2. The number of nitrogens with zero attached hydrogens (tertiary/aromatic N) is 4. The molecule has 150 valence electrons. The fourth-order valence-corrected chi connectivity index (χ4v) is 4.82. The van der Waals surface area contributed by atoms with E-state index >= 15 is 0 Å². The second kappa shape index (κ2) is 7.53. The molecule has 29 heavy (non-hydrogen) atoms. The minimum Gasteiger partial charge on any atom is -0.327 e. The summed E-state index contributed by atoms with van der Waals surface area (Å²) in [5, 5.41) is 0.574. The van der Waals surface area contributed by atoms with Crippen LogP contribution in [0, 0.1) is 0 Å². The SMILES string of the molecule is C=S=C1c2ccccc2C(=O)N1CCCSc1nc2c([nH]1)c(=O)n(C)c(=O)n2C. The molecule has 0 fully saturated rings. The van der Waals surface area contributed by atoms with Crippen LogP contribution in [-0.2, 0) is 14.1 Å². The number of fused-ring (bicyclic) bond motifs is 2. The minimum absolute atomic E-state index is 0.000941. The van der Waals surface area contributed by atoms with Crippen LogP contribution in [0.5, 0.6) is 0 Å². The molecule has 3 aromatic rings. The summed E-state index contributed by atoms with van der Waals surface area (Å²) >= 11 is 1.45. The Hall–Kier alpha value is -2.85. The van der Waals surface area contributed by atoms with Crippen LogP contribution in [0.2, 0.25) is 0 Å². The lowest BCUT2D eigenvalue weighted by atomic mass is 10.1. The van der Waals surface area contributed by atoms with Crippen LogP contribution < -0.4 is 11.2 Å². The van der Waals surface area contributed by atoms with Gasteiger partial charge in [0.2, 0.25) is 0 Å². The van der Waals surface area contributed by atoms with Crippen molar-refractivity contribution in [3.05, 3.63) is 56.2 Å². The van der Waals surface area contributed by atoms with E-state index in [1.165, 1.54) is 34.3 Å². The highest BCUT2D eigenvalue weighted by Crippen LogP contribution is 2.25. The van der Waals surface area contributed by atoms with E-state index in [4.69, 9.17) is 0 Å². The quantitative estimate of drug-likeness (QED) is 0.374. The fraction of sp³-hybridized carbons (Fsp3) is 0.263. The van der Waals surface area contributed by atoms with Gasteiger partial charge >= 0.3 is 5.69 Å². The molecule has 3 heterocycles. The van der Waals surface area contributed by atoms with Gasteiger partial charge in [-0.3, -0.25) is 23.6 Å². The number of amides is 1. The van der Waals surface area contributed by atoms with Gasteiger partial charge in [0.15, 0.2) is 16.3 Å². The Morgan fingerprint density at radius 1 is 1.10 bits per heavy atom. The molecule has 0 atom stereocenters. The zero-order chi connectivity index (χ0) is 20.7. The molecule has 1 aliphatic heterocycles. The van der Waals surface area contributed by atoms with Crippen LogP contribution >= 0.6 is 22.7 Å². The third kappa shape index (κ3) is 3.18. The van der Waals surface area contributed by atoms with E-state index in [0.717, 1.165) is 21.5 Å². The molecule has 1 aromatic carbocycles. The molecule has 8 nitrogen and oxygen atoms in total. The Bertz CT molecular complexity index is 1310. The van der Waals surface area contributed by atoms with E-state index in [0.29, 0.717) is 34.2 Å². The first-order chi connectivity index (χ1) is 13.9. The number of hydrogen-bond donors (Lipinski definition) is 1. The number of benzene rings is 1. The van der Waals surface area contributed by atoms with Gasteiger partial charge in [-0.2, -0.15) is 0 Å². The van der Waals surface area contributed by atoms with E-state index in [1.54, 1.807) is 11.9 Å². The van der Waals surface area contributed by atoms with Crippen molar-refractivity contribution >= 4 is 50.6 Å². The fourth-order valence-electron chi connectivity index (χ4n) is 3.36. The first kappa shape index (κ1) is 19.5. The number of rotatable bonds is 5.